The zero-order valence-corrected chi connectivity index (χ0v) is 11.9. The van der Waals surface area contributed by atoms with Gasteiger partial charge in [0.05, 0.1) is 18.8 Å². The molecule has 1 fully saturated rings. The van der Waals surface area contributed by atoms with Crippen LogP contribution in [0.5, 0.6) is 0 Å². The van der Waals surface area contributed by atoms with E-state index < -0.39 is 5.97 Å². The molecule has 2 amide bonds. The monoisotopic (exact) mass is 272 g/mol. The van der Waals surface area contributed by atoms with E-state index in [0.717, 1.165) is 6.42 Å². The molecule has 0 aromatic carbocycles. The lowest BCUT2D eigenvalue weighted by Crippen LogP contribution is -2.54. The second-order valence-corrected chi connectivity index (χ2v) is 5.59. The summed E-state index contributed by atoms with van der Waals surface area (Å²) in [6.45, 7) is 7.89. The number of carbonyl (C=O) groups is 2. The Labute approximate surface area is 114 Å². The summed E-state index contributed by atoms with van der Waals surface area (Å²) >= 11 is 0. The molecule has 19 heavy (non-hydrogen) atoms. The molecule has 110 valence electrons. The second kappa shape index (κ2) is 6.75. The molecule has 0 spiro atoms. The number of hydrogen-bond donors (Lipinski definition) is 2. The maximum absolute atomic E-state index is 12.0. The first-order valence-electron chi connectivity index (χ1n) is 6.72. The SMILES string of the molecule is CCC(CNC(=O)N1CCOC(C)(C)C1)CC(=O)O. The summed E-state index contributed by atoms with van der Waals surface area (Å²) in [6.07, 6.45) is 0.826. The van der Waals surface area contributed by atoms with Crippen molar-refractivity contribution in [3.05, 3.63) is 0 Å². The van der Waals surface area contributed by atoms with Gasteiger partial charge in [0, 0.05) is 19.5 Å². The van der Waals surface area contributed by atoms with Crippen molar-refractivity contribution in [2.75, 3.05) is 26.2 Å². The molecular weight excluding hydrogens is 248 g/mol. The van der Waals surface area contributed by atoms with Crippen molar-refractivity contribution in [2.45, 2.75) is 39.2 Å². The second-order valence-electron chi connectivity index (χ2n) is 5.59. The highest BCUT2D eigenvalue weighted by atomic mass is 16.5. The fourth-order valence-electron chi connectivity index (χ4n) is 2.14. The Morgan fingerprint density at radius 2 is 2.16 bits per heavy atom. The number of nitrogens with one attached hydrogen (secondary N) is 1. The van der Waals surface area contributed by atoms with Crippen molar-refractivity contribution < 1.29 is 19.4 Å². The van der Waals surface area contributed by atoms with E-state index in [1.54, 1.807) is 4.90 Å². The largest absolute Gasteiger partial charge is 0.481 e. The average molecular weight is 272 g/mol. The van der Waals surface area contributed by atoms with Crippen molar-refractivity contribution in [1.82, 2.24) is 10.2 Å². The smallest absolute Gasteiger partial charge is 0.317 e. The highest BCUT2D eigenvalue weighted by molar-refractivity contribution is 5.74. The Bertz CT molecular complexity index is 331. The van der Waals surface area contributed by atoms with Crippen LogP contribution in [0.4, 0.5) is 4.79 Å². The number of ether oxygens (including phenoxy) is 1. The molecule has 0 aromatic rings. The summed E-state index contributed by atoms with van der Waals surface area (Å²) in [5.74, 6) is -0.843. The van der Waals surface area contributed by atoms with Crippen molar-refractivity contribution in [2.24, 2.45) is 5.92 Å². The average Bonchev–Trinajstić information content (AvgIpc) is 2.32. The minimum Gasteiger partial charge on any atom is -0.481 e. The summed E-state index contributed by atoms with van der Waals surface area (Å²) in [5.41, 5.74) is -0.319. The predicted octanol–water partition coefficient (Wildman–Crippen LogP) is 1.31. The van der Waals surface area contributed by atoms with Gasteiger partial charge >= 0.3 is 12.0 Å². The molecule has 0 saturated carbocycles. The highest BCUT2D eigenvalue weighted by Crippen LogP contribution is 2.16. The van der Waals surface area contributed by atoms with Gasteiger partial charge < -0.3 is 20.1 Å². The molecule has 2 N–H and O–H groups in total. The van der Waals surface area contributed by atoms with E-state index in [-0.39, 0.29) is 24.0 Å². The van der Waals surface area contributed by atoms with Crippen LogP contribution in [0.3, 0.4) is 0 Å². The molecule has 1 aliphatic rings. The van der Waals surface area contributed by atoms with E-state index >= 15 is 0 Å². The lowest BCUT2D eigenvalue weighted by atomic mass is 10.0. The number of aliphatic carboxylic acids is 1. The highest BCUT2D eigenvalue weighted by Gasteiger charge is 2.30. The van der Waals surface area contributed by atoms with Crippen LogP contribution in [-0.4, -0.2) is 53.8 Å². The zero-order chi connectivity index (χ0) is 14.5. The first kappa shape index (κ1) is 15.8. The van der Waals surface area contributed by atoms with Crippen LogP contribution < -0.4 is 5.32 Å². The molecule has 1 heterocycles. The van der Waals surface area contributed by atoms with Crippen LogP contribution in [0.2, 0.25) is 0 Å². The third-order valence-electron chi connectivity index (χ3n) is 3.30. The van der Waals surface area contributed by atoms with Gasteiger partial charge in [0.1, 0.15) is 0 Å². The van der Waals surface area contributed by atoms with Crippen LogP contribution in [0.25, 0.3) is 0 Å². The van der Waals surface area contributed by atoms with E-state index in [1.807, 2.05) is 20.8 Å². The number of nitrogens with zero attached hydrogens (tertiary/aromatic N) is 1. The first-order valence-corrected chi connectivity index (χ1v) is 6.72. The quantitative estimate of drug-likeness (QED) is 0.791. The molecule has 6 nitrogen and oxygen atoms in total. The summed E-state index contributed by atoms with van der Waals surface area (Å²) in [5, 5.41) is 11.6. The Hall–Kier alpha value is -1.30. The maximum atomic E-state index is 12.0. The Balaban J connectivity index is 2.39. The maximum Gasteiger partial charge on any atom is 0.317 e. The molecule has 1 unspecified atom stereocenters. The van der Waals surface area contributed by atoms with Crippen LogP contribution in [0.15, 0.2) is 0 Å². The summed E-state index contributed by atoms with van der Waals surface area (Å²) in [7, 11) is 0. The minimum absolute atomic E-state index is 0.0181. The van der Waals surface area contributed by atoms with E-state index in [1.165, 1.54) is 0 Å². The Kier molecular flexibility index (Phi) is 5.60. The van der Waals surface area contributed by atoms with Crippen LogP contribution in [-0.2, 0) is 9.53 Å². The normalized spacial score (nSPS) is 19.8. The van der Waals surface area contributed by atoms with Gasteiger partial charge in [0.25, 0.3) is 0 Å². The van der Waals surface area contributed by atoms with E-state index in [0.29, 0.717) is 26.2 Å². The molecule has 0 aliphatic carbocycles. The molecule has 1 aliphatic heterocycles. The number of amides is 2. The van der Waals surface area contributed by atoms with Crippen LogP contribution in [0.1, 0.15) is 33.6 Å². The van der Waals surface area contributed by atoms with Crippen molar-refractivity contribution in [3.63, 3.8) is 0 Å². The van der Waals surface area contributed by atoms with Gasteiger partial charge in [-0.25, -0.2) is 4.79 Å². The van der Waals surface area contributed by atoms with Gasteiger partial charge in [0.2, 0.25) is 0 Å². The lowest BCUT2D eigenvalue weighted by molar-refractivity contribution is -0.138. The molecule has 0 aromatic heterocycles. The molecular formula is C13H24N2O4. The molecule has 1 atom stereocenters. The number of urea groups is 1. The van der Waals surface area contributed by atoms with Crippen molar-refractivity contribution in [3.8, 4) is 0 Å². The zero-order valence-electron chi connectivity index (χ0n) is 11.9. The Morgan fingerprint density at radius 3 is 2.68 bits per heavy atom. The summed E-state index contributed by atoms with van der Waals surface area (Å²) < 4.78 is 5.55. The van der Waals surface area contributed by atoms with Gasteiger partial charge in [-0.2, -0.15) is 0 Å². The number of carbonyl (C=O) groups excluding carboxylic acids is 1. The number of rotatable bonds is 5. The van der Waals surface area contributed by atoms with Gasteiger partial charge in [-0.05, 0) is 19.8 Å². The van der Waals surface area contributed by atoms with Crippen LogP contribution in [0, 0.1) is 5.92 Å². The van der Waals surface area contributed by atoms with E-state index in [9.17, 15) is 9.59 Å². The number of carboxylic acids is 1. The molecule has 0 bridgehead atoms. The standard InChI is InChI=1S/C13H24N2O4/c1-4-10(7-11(16)17)8-14-12(18)15-5-6-19-13(2,3)9-15/h10H,4-9H2,1-3H3,(H,14,18)(H,16,17). The topological polar surface area (TPSA) is 78.9 Å². The van der Waals surface area contributed by atoms with Crippen molar-refractivity contribution in [1.29, 1.82) is 0 Å². The Morgan fingerprint density at radius 1 is 1.47 bits per heavy atom. The van der Waals surface area contributed by atoms with E-state index in [2.05, 4.69) is 5.32 Å². The number of morpholine rings is 1. The molecule has 0 radical (unpaired) electrons. The van der Waals surface area contributed by atoms with Crippen molar-refractivity contribution >= 4 is 12.0 Å². The van der Waals surface area contributed by atoms with Gasteiger partial charge in [-0.3, -0.25) is 4.79 Å². The number of carboxylic acid groups (broad SMARTS) is 1. The summed E-state index contributed by atoms with van der Waals surface area (Å²) in [4.78, 5) is 24.4. The first-order chi connectivity index (χ1) is 8.84. The lowest BCUT2D eigenvalue weighted by Gasteiger charge is -2.38. The fourth-order valence-corrected chi connectivity index (χ4v) is 2.14. The van der Waals surface area contributed by atoms with Crippen LogP contribution >= 0.6 is 0 Å². The third kappa shape index (κ3) is 5.46. The molecule has 6 heteroatoms. The predicted molar refractivity (Wildman–Crippen MR) is 71.0 cm³/mol. The minimum atomic E-state index is -0.825. The van der Waals surface area contributed by atoms with Gasteiger partial charge in [-0.15, -0.1) is 0 Å². The summed E-state index contributed by atoms with van der Waals surface area (Å²) in [6, 6.07) is -0.139. The molecule has 1 saturated heterocycles. The fraction of sp³-hybridized carbons (Fsp3) is 0.846. The van der Waals surface area contributed by atoms with Gasteiger partial charge in [0.15, 0.2) is 0 Å². The number of hydrogen-bond acceptors (Lipinski definition) is 3. The molecule has 1 rings (SSSR count). The van der Waals surface area contributed by atoms with Gasteiger partial charge in [-0.1, -0.05) is 13.3 Å². The van der Waals surface area contributed by atoms with E-state index in [4.69, 9.17) is 9.84 Å². The third-order valence-corrected chi connectivity index (χ3v) is 3.30.